The number of aliphatic imine (C=N–C) groups is 1. The third-order valence-corrected chi connectivity index (χ3v) is 7.74. The van der Waals surface area contributed by atoms with Gasteiger partial charge in [-0.3, -0.25) is 4.79 Å². The van der Waals surface area contributed by atoms with E-state index in [4.69, 9.17) is 4.99 Å². The lowest BCUT2D eigenvalue weighted by molar-refractivity contribution is -0.115. The van der Waals surface area contributed by atoms with Crippen LogP contribution in [0.3, 0.4) is 0 Å². The molecule has 4 rings (SSSR count). The van der Waals surface area contributed by atoms with Gasteiger partial charge in [0.15, 0.2) is 5.17 Å². The van der Waals surface area contributed by atoms with Crippen LogP contribution in [-0.2, 0) is 4.79 Å². The Morgan fingerprint density at radius 2 is 1.97 bits per heavy atom. The van der Waals surface area contributed by atoms with Crippen LogP contribution in [0.2, 0.25) is 0 Å². The zero-order valence-corrected chi connectivity index (χ0v) is 21.0. The van der Waals surface area contributed by atoms with E-state index in [1.165, 1.54) is 34.1 Å². The number of nitrogens with one attached hydrogen (secondary N) is 1. The van der Waals surface area contributed by atoms with Crippen LogP contribution >= 0.6 is 11.8 Å². The molecule has 0 spiro atoms. The van der Waals surface area contributed by atoms with Gasteiger partial charge >= 0.3 is 0 Å². The summed E-state index contributed by atoms with van der Waals surface area (Å²) in [7, 11) is 0. The molecule has 0 bridgehead atoms. The second kappa shape index (κ2) is 8.43. The molecule has 1 N–H and O–H groups in total. The molecule has 0 aliphatic carbocycles. The van der Waals surface area contributed by atoms with Crippen molar-refractivity contribution in [1.82, 2.24) is 5.32 Å². The van der Waals surface area contributed by atoms with Crippen LogP contribution in [-0.4, -0.2) is 23.2 Å². The van der Waals surface area contributed by atoms with E-state index in [1.807, 2.05) is 18.2 Å². The van der Waals surface area contributed by atoms with Crippen LogP contribution < -0.4 is 10.2 Å². The molecule has 2 aromatic carbocycles. The molecule has 2 aromatic rings. The van der Waals surface area contributed by atoms with E-state index >= 15 is 0 Å². The minimum Gasteiger partial charge on any atom is -0.366 e. The van der Waals surface area contributed by atoms with Gasteiger partial charge in [0.25, 0.3) is 5.91 Å². The van der Waals surface area contributed by atoms with Gasteiger partial charge in [0.2, 0.25) is 0 Å². The number of hydrogen-bond acceptors (Lipinski definition) is 4. The fourth-order valence-corrected chi connectivity index (χ4v) is 5.82. The minimum atomic E-state index is -0.0828. The minimum absolute atomic E-state index is 0.0828. The van der Waals surface area contributed by atoms with Crippen molar-refractivity contribution in [1.29, 1.82) is 0 Å². The smallest absolute Gasteiger partial charge is 0.264 e. The normalized spacial score (nSPS) is 22.4. The Morgan fingerprint density at radius 3 is 2.69 bits per heavy atom. The average Bonchev–Trinajstić information content (AvgIpc) is 3.05. The highest BCUT2D eigenvalue weighted by Crippen LogP contribution is 2.44. The van der Waals surface area contributed by atoms with Crippen LogP contribution in [0.5, 0.6) is 0 Å². The van der Waals surface area contributed by atoms with Gasteiger partial charge in [0.1, 0.15) is 0 Å². The number of anilines is 1. The van der Waals surface area contributed by atoms with E-state index in [2.05, 4.69) is 76.9 Å². The summed E-state index contributed by atoms with van der Waals surface area (Å²) < 4.78 is 0. The Labute approximate surface area is 196 Å². The van der Waals surface area contributed by atoms with Crippen LogP contribution in [0.4, 0.5) is 11.4 Å². The van der Waals surface area contributed by atoms with E-state index in [0.717, 1.165) is 29.8 Å². The molecular weight excluding hydrogens is 414 g/mol. The second-order valence-corrected chi connectivity index (χ2v) is 10.7. The molecule has 0 radical (unpaired) electrons. The number of nitrogens with zero attached hydrogens (tertiary/aromatic N) is 2. The zero-order chi connectivity index (χ0) is 23.2. The Bertz CT molecular complexity index is 1150. The van der Waals surface area contributed by atoms with Crippen molar-refractivity contribution in [3.8, 4) is 0 Å². The molecule has 32 heavy (non-hydrogen) atoms. The summed E-state index contributed by atoms with van der Waals surface area (Å²) in [6.07, 6.45) is 3.14. The predicted molar refractivity (Wildman–Crippen MR) is 138 cm³/mol. The molecule has 2 aliphatic rings. The number of carbonyl (C=O) groups excluding carboxylic acids is 1. The number of aryl methyl sites for hydroxylation is 2. The van der Waals surface area contributed by atoms with E-state index in [-0.39, 0.29) is 11.4 Å². The van der Waals surface area contributed by atoms with Crippen molar-refractivity contribution < 1.29 is 4.79 Å². The number of carbonyl (C=O) groups is 1. The maximum atomic E-state index is 12.7. The van der Waals surface area contributed by atoms with Gasteiger partial charge in [0.05, 0.1) is 10.6 Å². The lowest BCUT2D eigenvalue weighted by Gasteiger charge is -2.47. The van der Waals surface area contributed by atoms with Crippen molar-refractivity contribution in [2.75, 3.05) is 11.4 Å². The fourth-order valence-electron chi connectivity index (χ4n) is 4.99. The van der Waals surface area contributed by atoms with E-state index in [9.17, 15) is 4.79 Å². The largest absolute Gasteiger partial charge is 0.366 e. The van der Waals surface area contributed by atoms with Crippen LogP contribution in [0.25, 0.3) is 6.08 Å². The number of fused-ring (bicyclic) bond motifs is 1. The van der Waals surface area contributed by atoms with Gasteiger partial charge in [-0.1, -0.05) is 19.1 Å². The first-order chi connectivity index (χ1) is 15.1. The maximum Gasteiger partial charge on any atom is 0.264 e. The monoisotopic (exact) mass is 447 g/mol. The molecule has 0 aromatic heterocycles. The summed E-state index contributed by atoms with van der Waals surface area (Å²) in [4.78, 5) is 20.6. The fraction of sp³-hybridized carbons (Fsp3) is 0.407. The van der Waals surface area contributed by atoms with Gasteiger partial charge in [-0.05, 0) is 118 Å². The summed E-state index contributed by atoms with van der Waals surface area (Å²) in [5.74, 6) is 0.396. The highest BCUT2D eigenvalue weighted by atomic mass is 32.2. The van der Waals surface area contributed by atoms with Gasteiger partial charge in [-0.25, -0.2) is 4.99 Å². The average molecular weight is 448 g/mol. The number of rotatable bonds is 3. The lowest BCUT2D eigenvalue weighted by atomic mass is 9.79. The maximum absolute atomic E-state index is 12.7. The number of amidine groups is 1. The van der Waals surface area contributed by atoms with Crippen LogP contribution in [0.15, 0.2) is 40.2 Å². The van der Waals surface area contributed by atoms with Crippen molar-refractivity contribution >= 4 is 40.3 Å². The summed E-state index contributed by atoms with van der Waals surface area (Å²) in [5.41, 5.74) is 8.37. The first-order valence-corrected chi connectivity index (χ1v) is 12.2. The molecule has 2 aliphatic heterocycles. The van der Waals surface area contributed by atoms with Gasteiger partial charge in [0, 0.05) is 17.8 Å². The number of amides is 1. The SMILES string of the molecule is CCN1c2cc(C)c(/C=C3/SC(=Nc4cccc(C)c4C)NC3=O)cc2C(C)CC1(C)C. The van der Waals surface area contributed by atoms with Crippen molar-refractivity contribution in [2.24, 2.45) is 4.99 Å². The highest BCUT2D eigenvalue weighted by molar-refractivity contribution is 8.18. The molecule has 1 saturated heterocycles. The van der Waals surface area contributed by atoms with Crippen molar-refractivity contribution in [3.63, 3.8) is 0 Å². The molecule has 0 saturated carbocycles. The number of hydrogen-bond donors (Lipinski definition) is 1. The zero-order valence-electron chi connectivity index (χ0n) is 20.2. The predicted octanol–water partition coefficient (Wildman–Crippen LogP) is 6.62. The molecule has 1 fully saturated rings. The molecule has 1 amide bonds. The Morgan fingerprint density at radius 1 is 1.22 bits per heavy atom. The standard InChI is InChI=1S/C27H33N3OS/c1-8-30-23-12-17(3)20(13-21(23)18(4)15-27(30,6)7)14-24-25(31)29-26(32-24)28-22-11-9-10-16(2)19(22)5/h9-14,18H,8,15H2,1-7H3,(H,28,29,31)/b24-14+. The van der Waals surface area contributed by atoms with Gasteiger partial charge in [-0.15, -0.1) is 0 Å². The van der Waals surface area contributed by atoms with E-state index < -0.39 is 0 Å². The summed E-state index contributed by atoms with van der Waals surface area (Å²) in [6.45, 7) is 16.5. The Balaban J connectivity index is 1.68. The number of thioether (sulfide) groups is 1. The molecule has 1 atom stereocenters. The Hall–Kier alpha value is -2.53. The van der Waals surface area contributed by atoms with E-state index in [1.54, 1.807) is 0 Å². The first kappa shape index (κ1) is 22.7. The molecular formula is C27H33N3OS. The van der Waals surface area contributed by atoms with Crippen molar-refractivity contribution in [3.05, 3.63) is 63.1 Å². The van der Waals surface area contributed by atoms with E-state index in [0.29, 0.717) is 16.0 Å². The molecule has 5 heteroatoms. The number of benzene rings is 2. The summed E-state index contributed by atoms with van der Waals surface area (Å²) >= 11 is 1.41. The molecule has 4 nitrogen and oxygen atoms in total. The topological polar surface area (TPSA) is 44.7 Å². The molecule has 2 heterocycles. The quantitative estimate of drug-likeness (QED) is 0.538. The highest BCUT2D eigenvalue weighted by Gasteiger charge is 2.36. The molecule has 1 unspecified atom stereocenters. The third kappa shape index (κ3) is 4.11. The molecule has 168 valence electrons. The first-order valence-electron chi connectivity index (χ1n) is 11.4. The third-order valence-electron chi connectivity index (χ3n) is 6.83. The summed E-state index contributed by atoms with van der Waals surface area (Å²) in [6, 6.07) is 10.6. The van der Waals surface area contributed by atoms with Gasteiger partial charge in [-0.2, -0.15) is 0 Å². The van der Waals surface area contributed by atoms with Crippen LogP contribution in [0.1, 0.15) is 67.9 Å². The van der Waals surface area contributed by atoms with Crippen LogP contribution in [0, 0.1) is 20.8 Å². The lowest BCUT2D eigenvalue weighted by Crippen LogP contribution is -2.48. The summed E-state index contributed by atoms with van der Waals surface area (Å²) in [5, 5.41) is 3.57. The second-order valence-electron chi connectivity index (χ2n) is 9.63. The van der Waals surface area contributed by atoms with Gasteiger partial charge < -0.3 is 10.2 Å². The van der Waals surface area contributed by atoms with Crippen molar-refractivity contribution in [2.45, 2.75) is 66.3 Å². The Kier molecular flexibility index (Phi) is 5.97.